The number of aromatic nitrogens is 1. The molecule has 2 aromatic carbocycles. The quantitative estimate of drug-likeness (QED) is 0.291. The van der Waals surface area contributed by atoms with E-state index in [1.807, 2.05) is 0 Å². The molecule has 4 aromatic rings. The van der Waals surface area contributed by atoms with E-state index < -0.39 is 22.8 Å². The van der Waals surface area contributed by atoms with Gasteiger partial charge in [0.2, 0.25) is 0 Å². The van der Waals surface area contributed by atoms with Gasteiger partial charge >= 0.3 is 5.63 Å². The summed E-state index contributed by atoms with van der Waals surface area (Å²) in [6.07, 6.45) is 1.36. The first kappa shape index (κ1) is 22.2. The van der Waals surface area contributed by atoms with E-state index in [0.29, 0.717) is 26.3 Å². The van der Waals surface area contributed by atoms with Gasteiger partial charge in [-0.25, -0.2) is 9.78 Å². The molecule has 1 N–H and O–H groups in total. The molecule has 0 spiro atoms. The van der Waals surface area contributed by atoms with Crippen molar-refractivity contribution in [3.63, 3.8) is 0 Å². The van der Waals surface area contributed by atoms with E-state index in [4.69, 9.17) is 16.0 Å². The smallest absolute Gasteiger partial charge is 0.336 e. The van der Waals surface area contributed by atoms with Crippen molar-refractivity contribution in [3.8, 4) is 0 Å². The first-order chi connectivity index (χ1) is 15.3. The molecule has 1 unspecified atom stereocenters. The average Bonchev–Trinajstić information content (AvgIpc) is 2.76. The maximum absolute atomic E-state index is 12.9. The first-order valence-electron chi connectivity index (χ1n) is 8.98. The summed E-state index contributed by atoms with van der Waals surface area (Å²) < 4.78 is 30.5. The maximum Gasteiger partial charge on any atom is 0.336 e. The van der Waals surface area contributed by atoms with Crippen molar-refractivity contribution in [1.82, 2.24) is 4.98 Å². The number of rotatable bonds is 5. The Labute approximate surface area is 197 Å². The molecule has 4 rings (SSSR count). The van der Waals surface area contributed by atoms with Crippen molar-refractivity contribution in [2.75, 3.05) is 9.62 Å². The van der Waals surface area contributed by atoms with Gasteiger partial charge in [0.1, 0.15) is 5.82 Å². The van der Waals surface area contributed by atoms with E-state index in [1.54, 1.807) is 24.3 Å². The summed E-state index contributed by atoms with van der Waals surface area (Å²) in [7, 11) is 0. The number of para-hydroxylation sites is 1. The Bertz CT molecular complexity index is 1430. The number of amides is 1. The minimum absolute atomic E-state index is 0.0507. The summed E-state index contributed by atoms with van der Waals surface area (Å²) in [5.41, 5.74) is 0.316. The molecule has 0 saturated heterocycles. The molecule has 0 aliphatic heterocycles. The zero-order chi connectivity index (χ0) is 22.8. The fourth-order valence-electron chi connectivity index (χ4n) is 2.98. The lowest BCUT2D eigenvalue weighted by Gasteiger charge is -2.26. The number of benzene rings is 2. The fourth-order valence-corrected chi connectivity index (χ4v) is 4.01. The highest BCUT2D eigenvalue weighted by Crippen LogP contribution is 2.32. The highest BCUT2D eigenvalue weighted by atomic mass is 79.9. The highest BCUT2D eigenvalue weighted by molar-refractivity contribution is 9.10. The second-order valence-corrected chi connectivity index (χ2v) is 8.51. The summed E-state index contributed by atoms with van der Waals surface area (Å²) in [4.78, 5) is 28.6. The molecular formula is C21H12BrClN3O5S-. The number of carbonyl (C=O) groups is 1. The van der Waals surface area contributed by atoms with E-state index in [2.05, 4.69) is 26.2 Å². The Balaban J connectivity index is 1.68. The molecule has 1 atom stereocenters. The lowest BCUT2D eigenvalue weighted by atomic mass is 10.1. The topological polar surface area (TPSA) is 116 Å². The van der Waals surface area contributed by atoms with Crippen LogP contribution in [0.25, 0.3) is 11.0 Å². The Hall–Kier alpha value is -3.05. The van der Waals surface area contributed by atoms with Crippen LogP contribution in [0.15, 0.2) is 80.5 Å². The molecule has 2 heterocycles. The van der Waals surface area contributed by atoms with Crippen LogP contribution in [0, 0.1) is 0 Å². The van der Waals surface area contributed by atoms with Crippen LogP contribution >= 0.6 is 27.5 Å². The van der Waals surface area contributed by atoms with Crippen molar-refractivity contribution < 1.29 is 18.0 Å². The van der Waals surface area contributed by atoms with E-state index in [-0.39, 0.29) is 17.0 Å². The van der Waals surface area contributed by atoms with E-state index in [0.717, 1.165) is 4.31 Å². The Morgan fingerprint density at radius 1 is 1.16 bits per heavy atom. The van der Waals surface area contributed by atoms with Crippen LogP contribution < -0.4 is 15.2 Å². The number of nitrogens with one attached hydrogen (secondary N) is 1. The van der Waals surface area contributed by atoms with Gasteiger partial charge in [0, 0.05) is 33.9 Å². The second kappa shape index (κ2) is 9.21. The van der Waals surface area contributed by atoms with Crippen LogP contribution in [-0.2, 0) is 11.3 Å². The summed E-state index contributed by atoms with van der Waals surface area (Å²) in [6, 6.07) is 15.2. The average molecular weight is 534 g/mol. The van der Waals surface area contributed by atoms with E-state index in [9.17, 15) is 18.4 Å². The molecule has 0 aliphatic carbocycles. The third-order valence-electron chi connectivity index (χ3n) is 4.39. The monoisotopic (exact) mass is 532 g/mol. The molecule has 0 fully saturated rings. The molecule has 162 valence electrons. The van der Waals surface area contributed by atoms with Crippen LogP contribution in [0.4, 0.5) is 17.2 Å². The van der Waals surface area contributed by atoms with E-state index in [1.165, 1.54) is 42.6 Å². The molecule has 8 nitrogen and oxygen atoms in total. The fraction of sp³-hybridized carbons (Fsp3) is 0. The van der Waals surface area contributed by atoms with Gasteiger partial charge in [0.25, 0.3) is 5.91 Å². The van der Waals surface area contributed by atoms with Gasteiger partial charge in [-0.3, -0.25) is 13.3 Å². The predicted octanol–water partition coefficient (Wildman–Crippen LogP) is 4.79. The number of carbonyl (C=O) groups excluding carboxylic acids is 1. The molecule has 1 amide bonds. The largest absolute Gasteiger partial charge is 0.755 e. The van der Waals surface area contributed by atoms with Gasteiger partial charge in [0.15, 0.2) is 5.58 Å². The van der Waals surface area contributed by atoms with Gasteiger partial charge in [-0.1, -0.05) is 23.7 Å². The van der Waals surface area contributed by atoms with Crippen LogP contribution in [0.1, 0.15) is 10.4 Å². The number of halogens is 2. The minimum Gasteiger partial charge on any atom is -0.755 e. The summed E-state index contributed by atoms with van der Waals surface area (Å²) in [6.45, 7) is 0. The number of anilines is 3. The van der Waals surface area contributed by atoms with Crippen molar-refractivity contribution in [1.29, 1.82) is 0 Å². The van der Waals surface area contributed by atoms with Crippen molar-refractivity contribution >= 4 is 72.9 Å². The van der Waals surface area contributed by atoms with Gasteiger partial charge in [-0.15, -0.1) is 0 Å². The zero-order valence-electron chi connectivity index (χ0n) is 16.0. The zero-order valence-corrected chi connectivity index (χ0v) is 19.1. The van der Waals surface area contributed by atoms with Crippen LogP contribution in [0.3, 0.4) is 0 Å². The van der Waals surface area contributed by atoms with Gasteiger partial charge < -0.3 is 14.3 Å². The first-order valence-corrected chi connectivity index (χ1v) is 11.2. The Kier molecular flexibility index (Phi) is 6.38. The van der Waals surface area contributed by atoms with E-state index >= 15 is 0 Å². The lowest BCUT2D eigenvalue weighted by Crippen LogP contribution is -2.21. The molecule has 2 aromatic heterocycles. The highest BCUT2D eigenvalue weighted by Gasteiger charge is 2.16. The van der Waals surface area contributed by atoms with Gasteiger partial charge in [-0.05, 0) is 52.3 Å². The molecule has 0 saturated carbocycles. The standard InChI is InChI=1S/C21H13BrClN3O5S/c22-16-11-14(5-6-17(16)23)26(32(29)30)18-10-13(8-9-24-18)25-21(28)15-3-1-2-12-4-7-19(27)31-20(12)15/h1-11H,(H,29,30)(H,24,25,28)/p-1. The molecule has 0 bridgehead atoms. The maximum atomic E-state index is 12.9. The number of hydrogen-bond acceptors (Lipinski definition) is 6. The summed E-state index contributed by atoms with van der Waals surface area (Å²) >= 11 is 6.56. The lowest BCUT2D eigenvalue weighted by molar-refractivity contribution is 0.102. The summed E-state index contributed by atoms with van der Waals surface area (Å²) in [5.74, 6) is -0.485. The molecule has 0 aliphatic rings. The molecule has 11 heteroatoms. The van der Waals surface area contributed by atoms with Crippen molar-refractivity contribution in [2.24, 2.45) is 0 Å². The number of pyridine rings is 1. The van der Waals surface area contributed by atoms with Crippen LogP contribution in [-0.4, -0.2) is 19.7 Å². The van der Waals surface area contributed by atoms with Gasteiger partial charge in [0.05, 0.1) is 27.5 Å². The predicted molar refractivity (Wildman–Crippen MR) is 125 cm³/mol. The van der Waals surface area contributed by atoms with Crippen LogP contribution in [0.5, 0.6) is 0 Å². The third kappa shape index (κ3) is 4.58. The molecule has 0 radical (unpaired) electrons. The Morgan fingerprint density at radius 2 is 1.97 bits per heavy atom. The number of hydrogen-bond donors (Lipinski definition) is 1. The normalized spacial score (nSPS) is 11.8. The molecular weight excluding hydrogens is 522 g/mol. The van der Waals surface area contributed by atoms with Gasteiger partial charge in [-0.2, -0.15) is 0 Å². The second-order valence-electron chi connectivity index (χ2n) is 6.45. The van der Waals surface area contributed by atoms with Crippen molar-refractivity contribution in [3.05, 3.63) is 92.3 Å². The Morgan fingerprint density at radius 3 is 2.72 bits per heavy atom. The summed E-state index contributed by atoms with van der Waals surface area (Å²) in [5, 5.41) is 3.69. The van der Waals surface area contributed by atoms with Crippen LogP contribution in [0.2, 0.25) is 5.02 Å². The molecule has 32 heavy (non-hydrogen) atoms. The number of nitrogens with zero attached hydrogens (tertiary/aromatic N) is 2. The third-order valence-corrected chi connectivity index (χ3v) is 6.30. The SMILES string of the molecule is O=C(Nc1ccnc(N(c2ccc(Cl)c(Br)c2)S(=O)[O-])c1)c1cccc2ccc(=O)oc12. The van der Waals surface area contributed by atoms with Crippen molar-refractivity contribution in [2.45, 2.75) is 0 Å². The number of fused-ring (bicyclic) bond motifs is 1. The minimum atomic E-state index is -2.70.